The summed E-state index contributed by atoms with van der Waals surface area (Å²) in [6, 6.07) is 10.0. The van der Waals surface area contributed by atoms with Crippen LogP contribution in [0.3, 0.4) is 0 Å². The van der Waals surface area contributed by atoms with Gasteiger partial charge >= 0.3 is 0 Å². The van der Waals surface area contributed by atoms with Gasteiger partial charge in [-0.05, 0) is 55.3 Å². The molecule has 8 nitrogen and oxygen atoms in total. The van der Waals surface area contributed by atoms with E-state index < -0.39 is 0 Å². The summed E-state index contributed by atoms with van der Waals surface area (Å²) in [4.78, 5) is 27.1. The van der Waals surface area contributed by atoms with E-state index >= 15 is 0 Å². The second-order valence-corrected chi connectivity index (χ2v) is 9.96. The van der Waals surface area contributed by atoms with Gasteiger partial charge < -0.3 is 10.6 Å². The average Bonchev–Trinajstić information content (AvgIpc) is 3.09. The van der Waals surface area contributed by atoms with E-state index in [1.54, 1.807) is 15.6 Å². The summed E-state index contributed by atoms with van der Waals surface area (Å²) < 4.78 is 3.30. The maximum atomic E-state index is 13.1. The predicted molar refractivity (Wildman–Crippen MR) is 135 cm³/mol. The number of hydrogen-bond donors (Lipinski definition) is 2. The lowest BCUT2D eigenvalue weighted by molar-refractivity contribution is 0.545. The van der Waals surface area contributed by atoms with Crippen molar-refractivity contribution in [3.63, 3.8) is 0 Å². The van der Waals surface area contributed by atoms with Crippen molar-refractivity contribution < 1.29 is 0 Å². The Morgan fingerprint density at radius 1 is 1.15 bits per heavy atom. The molecule has 0 saturated carbocycles. The molecular weight excluding hydrogens is 450 g/mol. The monoisotopic (exact) mass is 477 g/mol. The van der Waals surface area contributed by atoms with E-state index in [4.69, 9.17) is 21.6 Å². The summed E-state index contributed by atoms with van der Waals surface area (Å²) in [6.45, 7) is 10.5. The lowest BCUT2D eigenvalue weighted by Crippen LogP contribution is -2.23. The second-order valence-electron chi connectivity index (χ2n) is 9.55. The number of aromatic nitrogens is 5. The Labute approximate surface area is 203 Å². The number of rotatable bonds is 4. The van der Waals surface area contributed by atoms with Crippen LogP contribution in [0.1, 0.15) is 44.5 Å². The number of hydrogen-bond acceptors (Lipinski definition) is 6. The molecule has 0 radical (unpaired) electrons. The number of anilines is 2. The first-order valence-electron chi connectivity index (χ1n) is 11.5. The topological polar surface area (TPSA) is 89.7 Å². The number of pyridine rings is 1. The molecule has 3 aromatic heterocycles. The molecule has 1 aliphatic rings. The van der Waals surface area contributed by atoms with Crippen molar-refractivity contribution in [3.05, 3.63) is 68.7 Å². The van der Waals surface area contributed by atoms with Crippen LogP contribution in [-0.4, -0.2) is 30.9 Å². The van der Waals surface area contributed by atoms with Crippen LogP contribution in [0.5, 0.6) is 0 Å². The third-order valence-electron chi connectivity index (χ3n) is 6.12. The molecule has 5 rings (SSSR count). The van der Waals surface area contributed by atoms with Crippen LogP contribution in [0.15, 0.2) is 41.3 Å². The minimum absolute atomic E-state index is 0.177. The summed E-state index contributed by atoms with van der Waals surface area (Å²) >= 11 is 6.59. The van der Waals surface area contributed by atoms with Crippen molar-refractivity contribution in [2.24, 2.45) is 0 Å². The number of benzene rings is 1. The van der Waals surface area contributed by atoms with E-state index in [-0.39, 0.29) is 11.0 Å². The second kappa shape index (κ2) is 8.52. The Bertz CT molecular complexity index is 1450. The molecule has 2 N–H and O–H groups in total. The molecule has 1 aliphatic heterocycles. The van der Waals surface area contributed by atoms with Crippen LogP contribution in [0, 0.1) is 0 Å². The minimum atomic E-state index is -0.177. The van der Waals surface area contributed by atoms with Crippen LogP contribution in [0.25, 0.3) is 16.9 Å². The highest BCUT2D eigenvalue weighted by Gasteiger charge is 2.22. The third kappa shape index (κ3) is 3.97. The van der Waals surface area contributed by atoms with E-state index in [1.165, 1.54) is 11.1 Å². The van der Waals surface area contributed by atoms with Gasteiger partial charge in [-0.3, -0.25) is 4.79 Å². The molecule has 1 aromatic carbocycles. The van der Waals surface area contributed by atoms with Gasteiger partial charge in [-0.15, -0.1) is 0 Å². The predicted octanol–water partition coefficient (Wildman–Crippen LogP) is 4.34. The molecule has 176 valence electrons. The molecule has 0 atom stereocenters. The Morgan fingerprint density at radius 2 is 1.97 bits per heavy atom. The fourth-order valence-corrected chi connectivity index (χ4v) is 4.46. The summed E-state index contributed by atoms with van der Waals surface area (Å²) in [7, 11) is 0. The van der Waals surface area contributed by atoms with Gasteiger partial charge in [-0.25, -0.2) is 19.3 Å². The number of fused-ring (bicyclic) bond motifs is 2. The van der Waals surface area contributed by atoms with E-state index in [0.717, 1.165) is 30.9 Å². The highest BCUT2D eigenvalue weighted by atomic mass is 35.5. The van der Waals surface area contributed by atoms with E-state index in [9.17, 15) is 4.79 Å². The highest BCUT2D eigenvalue weighted by Crippen LogP contribution is 2.28. The number of nitrogens with zero attached hydrogens (tertiary/aromatic N) is 5. The Kier molecular flexibility index (Phi) is 5.65. The fourth-order valence-electron chi connectivity index (χ4n) is 4.27. The van der Waals surface area contributed by atoms with Gasteiger partial charge in [-0.2, -0.15) is 4.98 Å². The van der Waals surface area contributed by atoms with Crippen LogP contribution in [-0.2, 0) is 24.9 Å². The Morgan fingerprint density at radius 3 is 2.74 bits per heavy atom. The van der Waals surface area contributed by atoms with Crippen molar-refractivity contribution in [1.82, 2.24) is 29.6 Å². The van der Waals surface area contributed by atoms with Crippen LogP contribution in [0.4, 0.5) is 11.6 Å². The molecule has 0 bridgehead atoms. The van der Waals surface area contributed by atoms with Crippen molar-refractivity contribution in [1.29, 1.82) is 0 Å². The van der Waals surface area contributed by atoms with Gasteiger partial charge in [0.1, 0.15) is 5.39 Å². The van der Waals surface area contributed by atoms with E-state index in [0.29, 0.717) is 34.4 Å². The quantitative estimate of drug-likeness (QED) is 0.454. The third-order valence-corrected chi connectivity index (χ3v) is 6.42. The molecule has 0 fully saturated rings. The zero-order valence-electron chi connectivity index (χ0n) is 19.8. The van der Waals surface area contributed by atoms with Crippen molar-refractivity contribution in [2.45, 2.75) is 52.6 Å². The molecule has 0 spiro atoms. The molecule has 0 saturated heterocycles. The summed E-state index contributed by atoms with van der Waals surface area (Å²) in [5.41, 5.74) is 4.52. The van der Waals surface area contributed by atoms with Crippen molar-refractivity contribution in [3.8, 4) is 5.82 Å². The fraction of sp³-hybridized carbons (Fsp3) is 0.360. The van der Waals surface area contributed by atoms with E-state index in [2.05, 4.69) is 48.5 Å². The Hall–Kier alpha value is -3.23. The van der Waals surface area contributed by atoms with Gasteiger partial charge in [0.15, 0.2) is 11.5 Å². The Balaban J connectivity index is 1.63. The molecule has 4 heterocycles. The van der Waals surface area contributed by atoms with Crippen LogP contribution < -0.4 is 16.2 Å². The van der Waals surface area contributed by atoms with Crippen molar-refractivity contribution >= 4 is 34.3 Å². The van der Waals surface area contributed by atoms with Crippen LogP contribution >= 0.6 is 11.6 Å². The first kappa shape index (κ1) is 22.6. The summed E-state index contributed by atoms with van der Waals surface area (Å²) in [6.07, 6.45) is 2.55. The van der Waals surface area contributed by atoms with E-state index in [1.807, 2.05) is 25.1 Å². The lowest BCUT2D eigenvalue weighted by atomic mass is 9.92. The maximum absolute atomic E-state index is 13.1. The molecule has 34 heavy (non-hydrogen) atoms. The molecule has 4 aromatic rings. The van der Waals surface area contributed by atoms with Gasteiger partial charge in [0, 0.05) is 36.1 Å². The largest absolute Gasteiger partial charge is 0.324 e. The first-order chi connectivity index (χ1) is 16.3. The normalized spacial score (nSPS) is 13.8. The van der Waals surface area contributed by atoms with Gasteiger partial charge in [0.05, 0.1) is 5.02 Å². The summed E-state index contributed by atoms with van der Waals surface area (Å²) in [5, 5.41) is 7.55. The number of halogens is 1. The maximum Gasteiger partial charge on any atom is 0.278 e. The molecule has 0 amide bonds. The van der Waals surface area contributed by atoms with Crippen molar-refractivity contribution in [2.75, 3.05) is 11.9 Å². The smallest absolute Gasteiger partial charge is 0.278 e. The average molecular weight is 478 g/mol. The molecule has 0 unspecified atom stereocenters. The first-order valence-corrected chi connectivity index (χ1v) is 11.9. The zero-order valence-corrected chi connectivity index (χ0v) is 20.6. The van der Waals surface area contributed by atoms with Gasteiger partial charge in [-0.1, -0.05) is 38.4 Å². The zero-order chi connectivity index (χ0) is 24.0. The lowest BCUT2D eigenvalue weighted by Gasteiger charge is -2.20. The number of nitrogens with one attached hydrogen (secondary N) is 2. The molecule has 0 aliphatic carbocycles. The highest BCUT2D eigenvalue weighted by molar-refractivity contribution is 6.32. The van der Waals surface area contributed by atoms with Gasteiger partial charge in [0.25, 0.3) is 5.56 Å². The summed E-state index contributed by atoms with van der Waals surface area (Å²) in [5.74, 6) is 0.889. The minimum Gasteiger partial charge on any atom is -0.324 e. The molecule has 9 heteroatoms. The van der Waals surface area contributed by atoms with Gasteiger partial charge in [0.2, 0.25) is 5.95 Å². The van der Waals surface area contributed by atoms with Crippen LogP contribution in [0.2, 0.25) is 5.02 Å². The standard InChI is InChI=1S/C25H28ClN7O/c1-5-32-23(34)18-14-28-24(29-17-7-6-16-13-27-11-10-15(16)12-17)31-21(18)33(32)22-19(26)8-9-20(30-22)25(2,3)4/h6-9,12,14,27H,5,10-11,13H2,1-4H3,(H,28,29,31). The SMILES string of the molecule is CCn1c(=O)c2cnc(Nc3ccc4c(c3)CCNC4)nc2n1-c1nc(C(C)(C)C)ccc1Cl. The molecular formula is C25H28ClN7O.